The van der Waals surface area contributed by atoms with Gasteiger partial charge in [-0.3, -0.25) is 14.3 Å². The highest BCUT2D eigenvalue weighted by Crippen LogP contribution is 2.33. The third-order valence-electron chi connectivity index (χ3n) is 5.55. The van der Waals surface area contributed by atoms with Gasteiger partial charge in [-0.25, -0.2) is 9.78 Å². The third kappa shape index (κ3) is 5.47. The fourth-order valence-corrected chi connectivity index (χ4v) is 4.01. The summed E-state index contributed by atoms with van der Waals surface area (Å²) in [5.41, 5.74) is 6.97. The molecule has 10 nitrogen and oxygen atoms in total. The molecule has 0 radical (unpaired) electrons. The van der Waals surface area contributed by atoms with Crippen molar-refractivity contribution >= 4 is 40.0 Å². The maximum absolute atomic E-state index is 13.2. The van der Waals surface area contributed by atoms with Crippen LogP contribution in [0.25, 0.3) is 28.1 Å². The molecule has 0 spiro atoms. The largest absolute Gasteiger partial charge is 0.503 e. The standard InChI is InChI=1S/C24H20ClF3N6O4/c1-10-6-14(12(3)31-16-4-5-17(25)32-18(16)22-33-23(36)38-34-22)21-15(7-10)19(35)11(2)20(37-21)13(8-29)9-30-24(26,27)28/h4-9,12,31H,29H2,1-3H3,(H,33,34,36)/b13-8+,30-9+/t12-/m1/s1. The highest BCUT2D eigenvalue weighted by atomic mass is 35.5. The second kappa shape index (κ2) is 10.2. The Hall–Kier alpha value is -4.39. The average molecular weight is 549 g/mol. The zero-order valence-corrected chi connectivity index (χ0v) is 20.9. The van der Waals surface area contributed by atoms with Gasteiger partial charge in [-0.05, 0) is 44.5 Å². The summed E-state index contributed by atoms with van der Waals surface area (Å²) in [5, 5.41) is 7.24. The number of aromatic nitrogens is 3. The van der Waals surface area contributed by atoms with Gasteiger partial charge in [0.1, 0.15) is 22.2 Å². The van der Waals surface area contributed by atoms with Gasteiger partial charge in [-0.15, -0.1) is 13.2 Å². The van der Waals surface area contributed by atoms with Crippen LogP contribution in [0.3, 0.4) is 0 Å². The number of hydrogen-bond acceptors (Lipinski definition) is 9. The van der Waals surface area contributed by atoms with Crippen LogP contribution < -0.4 is 22.2 Å². The topological polar surface area (TPSA) is 152 Å². The molecule has 0 aliphatic carbocycles. The van der Waals surface area contributed by atoms with Gasteiger partial charge in [-0.1, -0.05) is 22.8 Å². The van der Waals surface area contributed by atoms with Crippen molar-refractivity contribution < 1.29 is 22.1 Å². The Morgan fingerprint density at radius 2 is 2.00 bits per heavy atom. The number of pyridine rings is 1. The molecule has 1 atom stereocenters. The fraction of sp³-hybridized carbons (Fsp3) is 0.208. The number of nitrogens with one attached hydrogen (secondary N) is 2. The summed E-state index contributed by atoms with van der Waals surface area (Å²) in [6.07, 6.45) is -3.46. The van der Waals surface area contributed by atoms with Crippen LogP contribution in [-0.2, 0) is 0 Å². The molecule has 198 valence electrons. The molecular formula is C24H20ClF3N6O4. The molecule has 0 saturated carbocycles. The Kier molecular flexibility index (Phi) is 7.14. The Bertz CT molecular complexity index is 1700. The van der Waals surface area contributed by atoms with E-state index in [2.05, 4.69) is 30.0 Å². The highest BCUT2D eigenvalue weighted by Gasteiger charge is 2.26. The number of H-pyrrole nitrogens is 1. The summed E-state index contributed by atoms with van der Waals surface area (Å²) in [7, 11) is 0. The van der Waals surface area contributed by atoms with E-state index in [1.165, 1.54) is 13.0 Å². The van der Waals surface area contributed by atoms with Crippen LogP contribution in [0.4, 0.5) is 18.9 Å². The quantitative estimate of drug-likeness (QED) is 0.175. The minimum absolute atomic E-state index is 0.0346. The average Bonchev–Trinajstić information content (AvgIpc) is 3.28. The molecule has 1 aromatic carbocycles. The summed E-state index contributed by atoms with van der Waals surface area (Å²) in [6, 6.07) is 5.97. The molecule has 0 fully saturated rings. The van der Waals surface area contributed by atoms with Crippen LogP contribution in [0.15, 0.2) is 54.0 Å². The van der Waals surface area contributed by atoms with Crippen molar-refractivity contribution in [3.63, 3.8) is 0 Å². The van der Waals surface area contributed by atoms with Crippen LogP contribution in [0.2, 0.25) is 5.15 Å². The van der Waals surface area contributed by atoms with Crippen LogP contribution >= 0.6 is 11.6 Å². The summed E-state index contributed by atoms with van der Waals surface area (Å²) in [5.74, 6) is -0.898. The SMILES string of the molecule is Cc1cc([C@@H](C)Nc2ccc(Cl)nc2-c2noc(=O)[nH]2)c2oc(C(/C=N/C(F)(F)F)=C/N)c(C)c(=O)c2c1. The van der Waals surface area contributed by atoms with Gasteiger partial charge in [0.15, 0.2) is 5.43 Å². The van der Waals surface area contributed by atoms with E-state index in [9.17, 15) is 22.8 Å². The molecule has 14 heteroatoms. The normalized spacial score (nSPS) is 13.4. The zero-order chi connectivity index (χ0) is 27.8. The Balaban J connectivity index is 1.85. The molecule has 4 N–H and O–H groups in total. The fourth-order valence-electron chi connectivity index (χ4n) is 3.86. The molecule has 38 heavy (non-hydrogen) atoms. The van der Waals surface area contributed by atoms with Crippen LogP contribution in [0.5, 0.6) is 0 Å². The van der Waals surface area contributed by atoms with E-state index in [1.54, 1.807) is 32.0 Å². The van der Waals surface area contributed by atoms with E-state index in [0.29, 0.717) is 17.5 Å². The Morgan fingerprint density at radius 3 is 2.63 bits per heavy atom. The zero-order valence-electron chi connectivity index (χ0n) is 20.1. The lowest BCUT2D eigenvalue weighted by atomic mass is 9.99. The predicted molar refractivity (Wildman–Crippen MR) is 136 cm³/mol. The lowest BCUT2D eigenvalue weighted by molar-refractivity contribution is -0.118. The van der Waals surface area contributed by atoms with E-state index in [-0.39, 0.29) is 44.5 Å². The summed E-state index contributed by atoms with van der Waals surface area (Å²) < 4.78 is 48.7. The second-order valence-corrected chi connectivity index (χ2v) is 8.69. The first-order chi connectivity index (χ1) is 17.9. The molecule has 0 saturated heterocycles. The van der Waals surface area contributed by atoms with Gasteiger partial charge in [0.05, 0.1) is 22.7 Å². The molecular weight excluding hydrogens is 529 g/mol. The van der Waals surface area contributed by atoms with E-state index in [4.69, 9.17) is 21.8 Å². The van der Waals surface area contributed by atoms with Gasteiger partial charge in [-0.2, -0.15) is 4.99 Å². The number of nitrogens with zero attached hydrogens (tertiary/aromatic N) is 3. The van der Waals surface area contributed by atoms with E-state index >= 15 is 0 Å². The molecule has 3 aromatic heterocycles. The molecule has 4 rings (SSSR count). The van der Waals surface area contributed by atoms with Crippen LogP contribution in [0.1, 0.15) is 35.4 Å². The number of allylic oxidation sites excluding steroid dienone is 1. The number of nitrogens with two attached hydrogens (primary N) is 1. The Morgan fingerprint density at radius 1 is 1.26 bits per heavy atom. The second-order valence-electron chi connectivity index (χ2n) is 8.30. The van der Waals surface area contributed by atoms with Gasteiger partial charge < -0.3 is 15.5 Å². The van der Waals surface area contributed by atoms with E-state index < -0.39 is 23.5 Å². The van der Waals surface area contributed by atoms with Crippen molar-refractivity contribution in [2.75, 3.05) is 5.32 Å². The number of benzene rings is 1. The van der Waals surface area contributed by atoms with E-state index in [1.807, 2.05) is 0 Å². The lowest BCUT2D eigenvalue weighted by Crippen LogP contribution is -2.14. The van der Waals surface area contributed by atoms with Crippen molar-refractivity contribution in [2.45, 2.75) is 33.1 Å². The summed E-state index contributed by atoms with van der Waals surface area (Å²) in [6.45, 7) is 4.98. The van der Waals surface area contributed by atoms with Gasteiger partial charge in [0.25, 0.3) is 0 Å². The predicted octanol–water partition coefficient (Wildman–Crippen LogP) is 4.86. The highest BCUT2D eigenvalue weighted by molar-refractivity contribution is 6.29. The molecule has 0 unspecified atom stereocenters. The molecule has 0 aliphatic heterocycles. The van der Waals surface area contributed by atoms with Gasteiger partial charge in [0, 0.05) is 23.5 Å². The first-order valence-corrected chi connectivity index (χ1v) is 11.4. The van der Waals surface area contributed by atoms with Gasteiger partial charge in [0.2, 0.25) is 5.82 Å². The number of aryl methyl sites for hydroxylation is 1. The number of aromatic amines is 1. The number of hydrogen-bond donors (Lipinski definition) is 3. The number of halogens is 4. The van der Waals surface area contributed by atoms with Crippen molar-refractivity contribution in [1.29, 1.82) is 0 Å². The molecule has 4 aromatic rings. The molecule has 0 aliphatic rings. The number of fused-ring (bicyclic) bond motifs is 1. The lowest BCUT2D eigenvalue weighted by Gasteiger charge is -2.20. The van der Waals surface area contributed by atoms with Crippen molar-refractivity contribution in [3.8, 4) is 11.5 Å². The first kappa shape index (κ1) is 26.7. The van der Waals surface area contributed by atoms with Gasteiger partial charge >= 0.3 is 12.1 Å². The maximum atomic E-state index is 13.2. The summed E-state index contributed by atoms with van der Waals surface area (Å²) >= 11 is 6.04. The molecule has 0 bridgehead atoms. The minimum atomic E-state index is -4.83. The summed E-state index contributed by atoms with van der Waals surface area (Å²) in [4.78, 5) is 33.9. The van der Waals surface area contributed by atoms with E-state index in [0.717, 1.165) is 11.8 Å². The van der Waals surface area contributed by atoms with Crippen molar-refractivity contribution in [3.05, 3.63) is 78.8 Å². The first-order valence-electron chi connectivity index (χ1n) is 11.0. The Labute approximate surface area is 217 Å². The molecule has 3 heterocycles. The number of rotatable bonds is 6. The number of alkyl halides is 3. The van der Waals surface area contributed by atoms with Crippen LogP contribution in [-0.4, -0.2) is 27.6 Å². The monoisotopic (exact) mass is 548 g/mol. The van der Waals surface area contributed by atoms with Crippen molar-refractivity contribution in [2.24, 2.45) is 10.7 Å². The number of aliphatic imine (C=N–C) groups is 1. The number of anilines is 1. The van der Waals surface area contributed by atoms with Crippen LogP contribution in [0, 0.1) is 13.8 Å². The maximum Gasteiger partial charge on any atom is 0.503 e. The molecule has 0 amide bonds. The third-order valence-corrected chi connectivity index (χ3v) is 5.76. The smallest absolute Gasteiger partial charge is 0.455 e. The minimum Gasteiger partial charge on any atom is -0.455 e. The van der Waals surface area contributed by atoms with Crippen molar-refractivity contribution in [1.82, 2.24) is 15.1 Å².